The van der Waals surface area contributed by atoms with Gasteiger partial charge in [0.15, 0.2) is 0 Å². The van der Waals surface area contributed by atoms with E-state index < -0.39 is 11.9 Å². The van der Waals surface area contributed by atoms with Crippen LogP contribution in [0.1, 0.15) is 56.6 Å². The minimum atomic E-state index is -0.907. The van der Waals surface area contributed by atoms with Crippen LogP contribution in [0.25, 0.3) is 0 Å². The highest BCUT2D eigenvalue weighted by atomic mass is 16.4. The van der Waals surface area contributed by atoms with Gasteiger partial charge in [0.2, 0.25) is 0 Å². The Hall–Kier alpha value is -1.65. The second-order valence-corrected chi connectivity index (χ2v) is 5.39. The van der Waals surface area contributed by atoms with Gasteiger partial charge < -0.3 is 5.11 Å². The van der Waals surface area contributed by atoms with Crippen LogP contribution in [-0.4, -0.2) is 20.6 Å². The molecule has 0 aliphatic carbocycles. The lowest BCUT2D eigenvalue weighted by molar-refractivity contribution is -0.138. The Labute approximate surface area is 113 Å². The molecule has 19 heavy (non-hydrogen) atoms. The molecule has 106 valence electrons. The highest BCUT2D eigenvalue weighted by molar-refractivity contribution is 5.76. The van der Waals surface area contributed by atoms with Crippen LogP contribution in [0, 0.1) is 19.8 Å². The predicted molar refractivity (Wildman–Crippen MR) is 73.6 cm³/mol. The van der Waals surface area contributed by atoms with Crippen molar-refractivity contribution in [2.45, 2.75) is 53.5 Å². The second kappa shape index (κ2) is 5.55. The average molecular weight is 266 g/mol. The molecule has 1 heterocycles. The van der Waals surface area contributed by atoms with Crippen LogP contribution in [0.3, 0.4) is 0 Å². The molecule has 0 aliphatic rings. The van der Waals surface area contributed by atoms with Gasteiger partial charge in [-0.1, -0.05) is 13.8 Å². The molecular formula is C14H22N2O3. The zero-order chi connectivity index (χ0) is 14.9. The van der Waals surface area contributed by atoms with E-state index in [2.05, 4.69) is 4.98 Å². The van der Waals surface area contributed by atoms with Crippen molar-refractivity contribution in [1.29, 1.82) is 0 Å². The first-order valence-corrected chi connectivity index (χ1v) is 6.50. The van der Waals surface area contributed by atoms with Gasteiger partial charge in [0.1, 0.15) is 0 Å². The van der Waals surface area contributed by atoms with E-state index in [0.717, 1.165) is 0 Å². The molecule has 0 spiro atoms. The number of rotatable bonds is 4. The van der Waals surface area contributed by atoms with E-state index in [1.165, 1.54) is 0 Å². The monoisotopic (exact) mass is 266 g/mol. The van der Waals surface area contributed by atoms with Crippen molar-refractivity contribution in [2.75, 3.05) is 0 Å². The Morgan fingerprint density at radius 3 is 2.16 bits per heavy atom. The fourth-order valence-corrected chi connectivity index (χ4v) is 2.32. The average Bonchev–Trinajstić information content (AvgIpc) is 2.27. The maximum Gasteiger partial charge on any atom is 0.348 e. The number of hydrogen-bond donors (Lipinski definition) is 1. The van der Waals surface area contributed by atoms with Crippen molar-refractivity contribution in [3.63, 3.8) is 0 Å². The Kier molecular flexibility index (Phi) is 4.50. The molecule has 0 aliphatic heterocycles. The van der Waals surface area contributed by atoms with Gasteiger partial charge in [0.25, 0.3) is 0 Å². The number of carboxylic acid groups (broad SMARTS) is 1. The van der Waals surface area contributed by atoms with Crippen molar-refractivity contribution >= 4 is 5.97 Å². The van der Waals surface area contributed by atoms with Gasteiger partial charge in [-0.15, -0.1) is 0 Å². The number of aryl methyl sites for hydroxylation is 1. The first-order valence-electron chi connectivity index (χ1n) is 6.50. The molecule has 1 aromatic heterocycles. The normalized spacial score (nSPS) is 14.5. The highest BCUT2D eigenvalue weighted by Crippen LogP contribution is 2.25. The van der Waals surface area contributed by atoms with Gasteiger partial charge in [-0.2, -0.15) is 4.98 Å². The molecule has 2 unspecified atom stereocenters. The summed E-state index contributed by atoms with van der Waals surface area (Å²) in [5, 5.41) is 9.18. The van der Waals surface area contributed by atoms with Crippen LogP contribution < -0.4 is 5.69 Å². The van der Waals surface area contributed by atoms with Crippen LogP contribution in [0.4, 0.5) is 0 Å². The summed E-state index contributed by atoms with van der Waals surface area (Å²) in [7, 11) is 0. The molecule has 0 amide bonds. The van der Waals surface area contributed by atoms with Crippen LogP contribution >= 0.6 is 0 Å². The maximum absolute atomic E-state index is 12.1. The summed E-state index contributed by atoms with van der Waals surface area (Å²) >= 11 is 0. The van der Waals surface area contributed by atoms with E-state index in [9.17, 15) is 14.7 Å². The first kappa shape index (κ1) is 15.4. The van der Waals surface area contributed by atoms with Crippen molar-refractivity contribution in [3.05, 3.63) is 27.4 Å². The van der Waals surface area contributed by atoms with E-state index in [4.69, 9.17) is 0 Å². The second-order valence-electron chi connectivity index (χ2n) is 5.39. The van der Waals surface area contributed by atoms with Crippen LogP contribution in [0.5, 0.6) is 0 Å². The summed E-state index contributed by atoms with van der Waals surface area (Å²) in [6.07, 6.45) is 0. The Balaban J connectivity index is 3.56. The first-order chi connectivity index (χ1) is 8.68. The Morgan fingerprint density at radius 1 is 1.21 bits per heavy atom. The number of hydrogen-bond acceptors (Lipinski definition) is 3. The minimum absolute atomic E-state index is 0.0136. The summed E-state index contributed by atoms with van der Waals surface area (Å²) in [5.74, 6) is -1.30. The van der Waals surface area contributed by atoms with Crippen molar-refractivity contribution in [1.82, 2.24) is 9.55 Å². The number of nitrogens with zero attached hydrogens (tertiary/aromatic N) is 2. The standard InChI is InChI=1S/C14H22N2O3/c1-7(2)10(5)16-11(6)12(8(3)13(17)18)9(4)15-14(16)19/h7-8,10H,1-6H3,(H,17,18). The summed E-state index contributed by atoms with van der Waals surface area (Å²) in [6, 6.07) is -0.0136. The zero-order valence-electron chi connectivity index (χ0n) is 12.4. The highest BCUT2D eigenvalue weighted by Gasteiger charge is 2.24. The van der Waals surface area contributed by atoms with Gasteiger partial charge in [0.05, 0.1) is 5.92 Å². The summed E-state index contributed by atoms with van der Waals surface area (Å²) in [6.45, 7) is 11.1. The molecule has 1 N–H and O–H groups in total. The van der Waals surface area contributed by atoms with Crippen LogP contribution in [0.2, 0.25) is 0 Å². The van der Waals surface area contributed by atoms with Gasteiger partial charge >= 0.3 is 11.7 Å². The van der Waals surface area contributed by atoms with Crippen molar-refractivity contribution in [2.24, 2.45) is 5.92 Å². The predicted octanol–water partition coefficient (Wildman–Crippen LogP) is 2.27. The Bertz CT molecular complexity index is 546. The quantitative estimate of drug-likeness (QED) is 0.907. The summed E-state index contributed by atoms with van der Waals surface area (Å²) in [4.78, 5) is 27.2. The Morgan fingerprint density at radius 2 is 1.74 bits per heavy atom. The van der Waals surface area contributed by atoms with E-state index >= 15 is 0 Å². The smallest absolute Gasteiger partial charge is 0.348 e. The molecule has 2 atom stereocenters. The third-order valence-corrected chi connectivity index (χ3v) is 3.79. The number of carbonyl (C=O) groups is 1. The third-order valence-electron chi connectivity index (χ3n) is 3.79. The minimum Gasteiger partial charge on any atom is -0.481 e. The van der Waals surface area contributed by atoms with Gasteiger partial charge in [-0.3, -0.25) is 9.36 Å². The van der Waals surface area contributed by atoms with Crippen LogP contribution in [0.15, 0.2) is 4.79 Å². The lowest BCUT2D eigenvalue weighted by atomic mass is 9.97. The molecule has 0 saturated carbocycles. The largest absolute Gasteiger partial charge is 0.481 e. The van der Waals surface area contributed by atoms with Gasteiger partial charge in [-0.05, 0) is 33.6 Å². The summed E-state index contributed by atoms with van der Waals surface area (Å²) in [5.41, 5.74) is 1.54. The van der Waals surface area contributed by atoms with E-state index in [1.54, 1.807) is 25.3 Å². The molecule has 0 fully saturated rings. The maximum atomic E-state index is 12.1. The lowest BCUT2D eigenvalue weighted by Crippen LogP contribution is -2.33. The van der Waals surface area contributed by atoms with E-state index in [0.29, 0.717) is 17.0 Å². The fourth-order valence-electron chi connectivity index (χ4n) is 2.32. The molecule has 5 heteroatoms. The van der Waals surface area contributed by atoms with Gasteiger partial charge in [-0.25, -0.2) is 4.79 Å². The molecule has 0 bridgehead atoms. The summed E-state index contributed by atoms with van der Waals surface area (Å²) < 4.78 is 1.60. The van der Waals surface area contributed by atoms with E-state index in [1.807, 2.05) is 20.8 Å². The molecule has 1 aromatic rings. The van der Waals surface area contributed by atoms with Gasteiger partial charge in [0, 0.05) is 23.0 Å². The molecule has 5 nitrogen and oxygen atoms in total. The van der Waals surface area contributed by atoms with Crippen molar-refractivity contribution < 1.29 is 9.90 Å². The number of aromatic nitrogens is 2. The van der Waals surface area contributed by atoms with Crippen LogP contribution in [-0.2, 0) is 4.79 Å². The molecule has 0 radical (unpaired) electrons. The lowest BCUT2D eigenvalue weighted by Gasteiger charge is -2.24. The topological polar surface area (TPSA) is 72.2 Å². The molecule has 0 saturated heterocycles. The molecule has 0 aromatic carbocycles. The fraction of sp³-hybridized carbons (Fsp3) is 0.643. The van der Waals surface area contributed by atoms with Crippen molar-refractivity contribution in [3.8, 4) is 0 Å². The zero-order valence-corrected chi connectivity index (χ0v) is 12.4. The number of aliphatic carboxylic acids is 1. The molecular weight excluding hydrogens is 244 g/mol. The SMILES string of the molecule is Cc1nc(=O)n(C(C)C(C)C)c(C)c1C(C)C(=O)O. The number of carboxylic acids is 1. The third kappa shape index (κ3) is 2.85. The van der Waals surface area contributed by atoms with E-state index in [-0.39, 0.29) is 17.6 Å². The molecule has 1 rings (SSSR count).